The normalized spacial score (nSPS) is 19.8. The molecule has 5 heteroatoms. The van der Waals surface area contributed by atoms with Gasteiger partial charge in [-0.05, 0) is 48.9 Å². The number of hydrogen-bond donors (Lipinski definition) is 1. The van der Waals surface area contributed by atoms with E-state index in [-0.39, 0.29) is 12.0 Å². The zero-order valence-electron chi connectivity index (χ0n) is 18.3. The van der Waals surface area contributed by atoms with Crippen LogP contribution in [0.2, 0.25) is 5.02 Å². The number of rotatable bonds is 9. The van der Waals surface area contributed by atoms with Crippen molar-refractivity contribution < 1.29 is 14.6 Å². The Kier molecular flexibility index (Phi) is 8.43. The van der Waals surface area contributed by atoms with E-state index in [2.05, 4.69) is 43.0 Å². The fourth-order valence-corrected chi connectivity index (χ4v) is 4.26. The first-order valence-electron chi connectivity index (χ1n) is 11.0. The van der Waals surface area contributed by atoms with Crippen LogP contribution in [-0.4, -0.2) is 42.4 Å². The van der Waals surface area contributed by atoms with Crippen molar-refractivity contribution in [2.45, 2.75) is 46.3 Å². The standard InChI is InChI=1S/C25H34ClNO3/c1-4-29-24-14-20(13-22(26)25(24)30-17-18(2)3)12-21-16-27(11-10-23(21)28)15-19-8-6-5-7-9-19/h5-9,13-14,18,21,23,28H,4,10-12,15-17H2,1-3H3. The zero-order valence-corrected chi connectivity index (χ0v) is 19.1. The van der Waals surface area contributed by atoms with Crippen LogP contribution in [0, 0.1) is 11.8 Å². The highest BCUT2D eigenvalue weighted by Crippen LogP contribution is 2.38. The molecule has 164 valence electrons. The third-order valence-electron chi connectivity index (χ3n) is 5.46. The molecular weight excluding hydrogens is 398 g/mol. The van der Waals surface area contributed by atoms with Crippen molar-refractivity contribution >= 4 is 11.6 Å². The van der Waals surface area contributed by atoms with E-state index >= 15 is 0 Å². The number of aliphatic hydroxyl groups is 1. The Morgan fingerprint density at radius 3 is 2.60 bits per heavy atom. The van der Waals surface area contributed by atoms with Gasteiger partial charge in [-0.25, -0.2) is 0 Å². The lowest BCUT2D eigenvalue weighted by Gasteiger charge is -2.36. The minimum absolute atomic E-state index is 0.162. The maximum atomic E-state index is 10.6. The summed E-state index contributed by atoms with van der Waals surface area (Å²) in [4.78, 5) is 2.43. The Morgan fingerprint density at radius 1 is 1.13 bits per heavy atom. The van der Waals surface area contributed by atoms with E-state index in [0.717, 1.165) is 38.0 Å². The molecule has 1 saturated heterocycles. The molecule has 0 aromatic heterocycles. The van der Waals surface area contributed by atoms with Gasteiger partial charge in [-0.2, -0.15) is 0 Å². The van der Waals surface area contributed by atoms with Gasteiger partial charge in [0.15, 0.2) is 11.5 Å². The number of hydrogen-bond acceptors (Lipinski definition) is 4. The highest BCUT2D eigenvalue weighted by Gasteiger charge is 2.28. The molecule has 1 aliphatic rings. The molecule has 1 fully saturated rings. The van der Waals surface area contributed by atoms with Crippen molar-refractivity contribution in [3.05, 3.63) is 58.6 Å². The highest BCUT2D eigenvalue weighted by molar-refractivity contribution is 6.32. The van der Waals surface area contributed by atoms with E-state index in [1.807, 2.05) is 25.1 Å². The molecule has 0 radical (unpaired) electrons. The minimum atomic E-state index is -0.303. The lowest BCUT2D eigenvalue weighted by Crippen LogP contribution is -2.43. The summed E-state index contributed by atoms with van der Waals surface area (Å²) in [5, 5.41) is 11.2. The van der Waals surface area contributed by atoms with Crippen molar-refractivity contribution in [2.24, 2.45) is 11.8 Å². The predicted molar refractivity (Wildman–Crippen MR) is 122 cm³/mol. The molecule has 1 aliphatic heterocycles. The van der Waals surface area contributed by atoms with E-state index in [1.165, 1.54) is 5.56 Å². The molecule has 1 N–H and O–H groups in total. The summed E-state index contributed by atoms with van der Waals surface area (Å²) in [6.45, 7) is 10.0. The van der Waals surface area contributed by atoms with E-state index < -0.39 is 0 Å². The summed E-state index contributed by atoms with van der Waals surface area (Å²) in [6, 6.07) is 14.5. The average Bonchev–Trinajstić information content (AvgIpc) is 2.71. The van der Waals surface area contributed by atoms with Gasteiger partial charge in [-0.3, -0.25) is 4.90 Å². The van der Waals surface area contributed by atoms with Gasteiger partial charge in [0.2, 0.25) is 0 Å². The van der Waals surface area contributed by atoms with Crippen LogP contribution in [0.15, 0.2) is 42.5 Å². The van der Waals surface area contributed by atoms with Crippen molar-refractivity contribution in [3.8, 4) is 11.5 Å². The van der Waals surface area contributed by atoms with Crippen LogP contribution in [0.1, 0.15) is 38.3 Å². The molecule has 0 spiro atoms. The molecule has 2 atom stereocenters. The summed E-state index contributed by atoms with van der Waals surface area (Å²) in [5.74, 6) is 1.87. The Balaban J connectivity index is 1.71. The van der Waals surface area contributed by atoms with Gasteiger partial charge in [0, 0.05) is 25.6 Å². The molecule has 2 unspecified atom stereocenters. The van der Waals surface area contributed by atoms with E-state index in [4.69, 9.17) is 21.1 Å². The highest BCUT2D eigenvalue weighted by atomic mass is 35.5. The number of likely N-dealkylation sites (tertiary alicyclic amines) is 1. The topological polar surface area (TPSA) is 41.9 Å². The van der Waals surface area contributed by atoms with E-state index in [9.17, 15) is 5.11 Å². The second-order valence-corrected chi connectivity index (χ2v) is 8.99. The Labute approximate surface area is 185 Å². The van der Waals surface area contributed by atoms with Gasteiger partial charge < -0.3 is 14.6 Å². The number of aliphatic hydroxyl groups excluding tert-OH is 1. The summed E-state index contributed by atoms with van der Waals surface area (Å²) in [6.07, 6.45) is 1.25. The van der Waals surface area contributed by atoms with Gasteiger partial charge in [0.05, 0.1) is 24.3 Å². The van der Waals surface area contributed by atoms with Gasteiger partial charge in [-0.15, -0.1) is 0 Å². The molecule has 2 aromatic rings. The lowest BCUT2D eigenvalue weighted by molar-refractivity contribution is 0.0239. The minimum Gasteiger partial charge on any atom is -0.490 e. The maximum Gasteiger partial charge on any atom is 0.179 e. The molecule has 30 heavy (non-hydrogen) atoms. The number of halogens is 1. The van der Waals surface area contributed by atoms with Crippen molar-refractivity contribution in [3.63, 3.8) is 0 Å². The van der Waals surface area contributed by atoms with Crippen LogP contribution in [-0.2, 0) is 13.0 Å². The van der Waals surface area contributed by atoms with Gasteiger partial charge in [-0.1, -0.05) is 55.8 Å². The summed E-state index contributed by atoms with van der Waals surface area (Å²) in [5.41, 5.74) is 2.38. The maximum absolute atomic E-state index is 10.6. The van der Waals surface area contributed by atoms with Crippen LogP contribution in [0.4, 0.5) is 0 Å². The van der Waals surface area contributed by atoms with E-state index in [1.54, 1.807) is 0 Å². The third kappa shape index (κ3) is 6.37. The van der Waals surface area contributed by atoms with Crippen LogP contribution in [0.25, 0.3) is 0 Å². The Hall–Kier alpha value is -1.75. The quantitative estimate of drug-likeness (QED) is 0.592. The SMILES string of the molecule is CCOc1cc(CC2CN(Cc3ccccc3)CCC2O)cc(Cl)c1OCC(C)C. The predicted octanol–water partition coefficient (Wildman–Crippen LogP) is 5.20. The molecule has 1 heterocycles. The van der Waals surface area contributed by atoms with Crippen LogP contribution >= 0.6 is 11.6 Å². The van der Waals surface area contributed by atoms with Crippen molar-refractivity contribution in [1.82, 2.24) is 4.90 Å². The van der Waals surface area contributed by atoms with E-state index in [0.29, 0.717) is 35.7 Å². The number of piperidine rings is 1. The third-order valence-corrected chi connectivity index (χ3v) is 5.74. The molecule has 0 saturated carbocycles. The summed E-state index contributed by atoms with van der Waals surface area (Å²) >= 11 is 6.57. The molecule has 2 aromatic carbocycles. The first-order valence-corrected chi connectivity index (χ1v) is 11.4. The lowest BCUT2D eigenvalue weighted by atomic mass is 9.88. The zero-order chi connectivity index (χ0) is 21.5. The Morgan fingerprint density at radius 2 is 1.90 bits per heavy atom. The number of nitrogens with zero attached hydrogens (tertiary/aromatic N) is 1. The molecule has 3 rings (SSSR count). The molecule has 0 amide bonds. The summed E-state index contributed by atoms with van der Waals surface area (Å²) in [7, 11) is 0. The fourth-order valence-electron chi connectivity index (χ4n) is 3.98. The number of ether oxygens (including phenoxy) is 2. The molecular formula is C25H34ClNO3. The smallest absolute Gasteiger partial charge is 0.179 e. The first kappa shape index (κ1) is 22.9. The largest absolute Gasteiger partial charge is 0.490 e. The van der Waals surface area contributed by atoms with Crippen LogP contribution < -0.4 is 9.47 Å². The second-order valence-electron chi connectivity index (χ2n) is 8.58. The van der Waals surface area contributed by atoms with Crippen molar-refractivity contribution in [2.75, 3.05) is 26.3 Å². The van der Waals surface area contributed by atoms with Crippen LogP contribution in [0.5, 0.6) is 11.5 Å². The van der Waals surface area contributed by atoms with Gasteiger partial charge in [0.25, 0.3) is 0 Å². The van der Waals surface area contributed by atoms with Crippen LogP contribution in [0.3, 0.4) is 0 Å². The second kappa shape index (κ2) is 11.0. The summed E-state index contributed by atoms with van der Waals surface area (Å²) < 4.78 is 11.7. The van der Waals surface area contributed by atoms with Crippen molar-refractivity contribution in [1.29, 1.82) is 0 Å². The average molecular weight is 432 g/mol. The Bertz CT molecular complexity index is 796. The molecule has 0 bridgehead atoms. The molecule has 0 aliphatic carbocycles. The monoisotopic (exact) mass is 431 g/mol. The first-order chi connectivity index (χ1) is 14.5. The number of benzene rings is 2. The van der Waals surface area contributed by atoms with Gasteiger partial charge >= 0.3 is 0 Å². The fraction of sp³-hybridized carbons (Fsp3) is 0.520. The molecule has 4 nitrogen and oxygen atoms in total. The van der Waals surface area contributed by atoms with Gasteiger partial charge in [0.1, 0.15) is 0 Å².